The van der Waals surface area contributed by atoms with Gasteiger partial charge in [0.05, 0.1) is 11.1 Å². The Morgan fingerprint density at radius 3 is 2.50 bits per heavy atom. The Bertz CT molecular complexity index is 1030. The lowest BCUT2D eigenvalue weighted by Crippen LogP contribution is -2.32. The highest BCUT2D eigenvalue weighted by atomic mass is 32.2. The number of nitrogens with zero attached hydrogens (tertiary/aromatic N) is 4. The number of hydrogen-bond acceptors (Lipinski definition) is 5. The fourth-order valence-electron chi connectivity index (χ4n) is 3.14. The molecule has 0 radical (unpaired) electrons. The van der Waals surface area contributed by atoms with Crippen molar-refractivity contribution in [1.82, 2.24) is 24.6 Å². The minimum atomic E-state index is 0.0644. The van der Waals surface area contributed by atoms with Crippen LogP contribution in [0.15, 0.2) is 29.4 Å². The number of carbonyl (C=O) groups is 1. The molecule has 0 saturated heterocycles. The van der Waals surface area contributed by atoms with Crippen molar-refractivity contribution >= 4 is 28.7 Å². The highest BCUT2D eigenvalue weighted by Crippen LogP contribution is 2.22. The molecule has 3 aromatic rings. The van der Waals surface area contributed by atoms with Gasteiger partial charge in [-0.05, 0) is 44.9 Å². The summed E-state index contributed by atoms with van der Waals surface area (Å²) in [6, 6.07) is 8.11. The number of aryl methyl sites for hydroxylation is 2. The van der Waals surface area contributed by atoms with Crippen molar-refractivity contribution in [3.63, 3.8) is 0 Å². The summed E-state index contributed by atoms with van der Waals surface area (Å²) in [5.74, 6) is 0.338. The summed E-state index contributed by atoms with van der Waals surface area (Å²) in [5.41, 5.74) is 3.72. The Kier molecular flexibility index (Phi) is 6.18. The molecule has 0 fully saturated rings. The van der Waals surface area contributed by atoms with Crippen molar-refractivity contribution in [2.24, 2.45) is 0 Å². The SMILES string of the molecule is CCc1ccc(-n2c(SCC(=O)N(CC)CC)nc3n[nH]c(C)c3c2=N)cc1. The summed E-state index contributed by atoms with van der Waals surface area (Å²) in [4.78, 5) is 18.9. The largest absolute Gasteiger partial charge is 0.343 e. The Hall–Kier alpha value is -2.61. The third-order valence-corrected chi connectivity index (χ3v) is 5.75. The molecule has 2 aromatic heterocycles. The van der Waals surface area contributed by atoms with E-state index < -0.39 is 0 Å². The molecule has 8 heteroatoms. The fraction of sp³-hybridized carbons (Fsp3) is 0.400. The van der Waals surface area contributed by atoms with E-state index in [1.807, 2.05) is 32.9 Å². The molecule has 7 nitrogen and oxygen atoms in total. The predicted molar refractivity (Wildman–Crippen MR) is 112 cm³/mol. The maximum absolute atomic E-state index is 12.5. The molecule has 0 unspecified atom stereocenters. The molecule has 2 heterocycles. The summed E-state index contributed by atoms with van der Waals surface area (Å²) in [7, 11) is 0. The quantitative estimate of drug-likeness (QED) is 0.473. The van der Waals surface area contributed by atoms with Gasteiger partial charge in [0.2, 0.25) is 5.91 Å². The number of hydrogen-bond donors (Lipinski definition) is 2. The van der Waals surface area contributed by atoms with Crippen LogP contribution in [0.1, 0.15) is 32.0 Å². The van der Waals surface area contributed by atoms with Gasteiger partial charge in [0.15, 0.2) is 10.8 Å². The van der Waals surface area contributed by atoms with E-state index in [0.29, 0.717) is 34.8 Å². The number of aromatic nitrogens is 4. The molecule has 0 bridgehead atoms. The first-order valence-corrected chi connectivity index (χ1v) is 10.5. The smallest absolute Gasteiger partial charge is 0.233 e. The van der Waals surface area contributed by atoms with Gasteiger partial charge in [-0.25, -0.2) is 4.98 Å². The number of aromatic amines is 1. The molecular formula is C20H26N6OS. The number of amides is 1. The summed E-state index contributed by atoms with van der Waals surface area (Å²) in [6.07, 6.45) is 0.955. The second-order valence-electron chi connectivity index (χ2n) is 6.50. The van der Waals surface area contributed by atoms with E-state index in [1.165, 1.54) is 17.3 Å². The van der Waals surface area contributed by atoms with Gasteiger partial charge >= 0.3 is 0 Å². The first-order chi connectivity index (χ1) is 13.5. The van der Waals surface area contributed by atoms with Crippen LogP contribution in [0, 0.1) is 12.3 Å². The first-order valence-electron chi connectivity index (χ1n) is 9.52. The molecule has 0 aliphatic rings. The fourth-order valence-corrected chi connectivity index (χ4v) is 4.05. The molecule has 0 aliphatic heterocycles. The van der Waals surface area contributed by atoms with Crippen molar-refractivity contribution in [2.75, 3.05) is 18.8 Å². The standard InChI is InChI=1S/C20H26N6OS/c1-5-14-8-10-15(11-9-14)26-18(21)17-13(4)23-24-19(17)22-20(26)28-12-16(27)25(6-2)7-3/h8-11,21H,5-7,12H2,1-4H3,(H,23,24). The van der Waals surface area contributed by atoms with E-state index in [-0.39, 0.29) is 11.7 Å². The van der Waals surface area contributed by atoms with Crippen LogP contribution in [-0.2, 0) is 11.2 Å². The van der Waals surface area contributed by atoms with Crippen molar-refractivity contribution in [2.45, 2.75) is 39.3 Å². The summed E-state index contributed by atoms with van der Waals surface area (Å²) >= 11 is 1.34. The third kappa shape index (κ3) is 3.82. The zero-order valence-electron chi connectivity index (χ0n) is 16.7. The van der Waals surface area contributed by atoms with Crippen molar-refractivity contribution < 1.29 is 4.79 Å². The molecule has 3 rings (SSSR count). The second kappa shape index (κ2) is 8.60. The highest BCUT2D eigenvalue weighted by Gasteiger charge is 2.17. The minimum absolute atomic E-state index is 0.0644. The Morgan fingerprint density at radius 1 is 1.21 bits per heavy atom. The minimum Gasteiger partial charge on any atom is -0.343 e. The first kappa shape index (κ1) is 20.1. The number of benzene rings is 1. The Morgan fingerprint density at radius 2 is 1.89 bits per heavy atom. The zero-order chi connectivity index (χ0) is 20.3. The van der Waals surface area contributed by atoms with Crippen molar-refractivity contribution in [1.29, 1.82) is 5.41 Å². The van der Waals surface area contributed by atoms with Gasteiger partial charge in [-0.1, -0.05) is 30.8 Å². The molecule has 1 aromatic carbocycles. The van der Waals surface area contributed by atoms with Gasteiger partial charge in [0.1, 0.15) is 5.49 Å². The Labute approximate surface area is 168 Å². The molecule has 0 saturated carbocycles. The predicted octanol–water partition coefficient (Wildman–Crippen LogP) is 3.06. The number of H-pyrrole nitrogens is 1. The van der Waals surface area contributed by atoms with E-state index in [1.54, 1.807) is 9.47 Å². The van der Waals surface area contributed by atoms with Crippen LogP contribution in [0.3, 0.4) is 0 Å². The van der Waals surface area contributed by atoms with Crippen LogP contribution in [0.4, 0.5) is 0 Å². The topological polar surface area (TPSA) is 90.7 Å². The maximum Gasteiger partial charge on any atom is 0.233 e. The van der Waals surface area contributed by atoms with Crippen LogP contribution in [0.2, 0.25) is 0 Å². The van der Waals surface area contributed by atoms with E-state index in [0.717, 1.165) is 17.8 Å². The van der Waals surface area contributed by atoms with Crippen molar-refractivity contribution in [3.8, 4) is 5.69 Å². The van der Waals surface area contributed by atoms with Gasteiger partial charge in [-0.3, -0.25) is 19.9 Å². The van der Waals surface area contributed by atoms with E-state index >= 15 is 0 Å². The average Bonchev–Trinajstić information content (AvgIpc) is 3.08. The van der Waals surface area contributed by atoms with Crippen LogP contribution in [-0.4, -0.2) is 49.4 Å². The van der Waals surface area contributed by atoms with Gasteiger partial charge < -0.3 is 4.90 Å². The van der Waals surface area contributed by atoms with Crippen LogP contribution >= 0.6 is 11.8 Å². The number of carbonyl (C=O) groups excluding carboxylic acids is 1. The third-order valence-electron chi connectivity index (χ3n) is 4.83. The zero-order valence-corrected chi connectivity index (χ0v) is 17.6. The van der Waals surface area contributed by atoms with Crippen LogP contribution < -0.4 is 5.49 Å². The molecule has 0 spiro atoms. The number of nitrogens with one attached hydrogen (secondary N) is 2. The van der Waals surface area contributed by atoms with E-state index in [9.17, 15) is 4.79 Å². The number of thioether (sulfide) groups is 1. The monoisotopic (exact) mass is 398 g/mol. The van der Waals surface area contributed by atoms with Gasteiger partial charge in [0, 0.05) is 24.5 Å². The molecule has 0 atom stereocenters. The number of fused-ring (bicyclic) bond motifs is 1. The number of rotatable bonds is 7. The van der Waals surface area contributed by atoms with E-state index in [4.69, 9.17) is 5.41 Å². The highest BCUT2D eigenvalue weighted by molar-refractivity contribution is 7.99. The summed E-state index contributed by atoms with van der Waals surface area (Å²) in [6.45, 7) is 9.31. The molecule has 2 N–H and O–H groups in total. The lowest BCUT2D eigenvalue weighted by atomic mass is 10.1. The maximum atomic E-state index is 12.5. The second-order valence-corrected chi connectivity index (χ2v) is 7.44. The molecule has 148 valence electrons. The normalized spacial score (nSPS) is 11.1. The van der Waals surface area contributed by atoms with Gasteiger partial charge in [0.25, 0.3) is 0 Å². The Balaban J connectivity index is 2.07. The molecule has 28 heavy (non-hydrogen) atoms. The average molecular weight is 399 g/mol. The van der Waals surface area contributed by atoms with Crippen LogP contribution in [0.5, 0.6) is 0 Å². The van der Waals surface area contributed by atoms with Crippen LogP contribution in [0.25, 0.3) is 16.7 Å². The van der Waals surface area contributed by atoms with Crippen molar-refractivity contribution in [3.05, 3.63) is 41.0 Å². The molecule has 0 aliphatic carbocycles. The summed E-state index contributed by atoms with van der Waals surface area (Å²) in [5, 5.41) is 17.2. The van der Waals surface area contributed by atoms with Gasteiger partial charge in [-0.2, -0.15) is 5.10 Å². The summed E-state index contributed by atoms with van der Waals surface area (Å²) < 4.78 is 1.80. The lowest BCUT2D eigenvalue weighted by molar-refractivity contribution is -0.127. The van der Waals surface area contributed by atoms with E-state index in [2.05, 4.69) is 34.2 Å². The lowest BCUT2D eigenvalue weighted by Gasteiger charge is -2.19. The molecular weight excluding hydrogens is 372 g/mol. The van der Waals surface area contributed by atoms with Gasteiger partial charge in [-0.15, -0.1) is 0 Å². The molecule has 1 amide bonds.